The number of pyridine rings is 1. The van der Waals surface area contributed by atoms with E-state index in [1.165, 1.54) is 10.4 Å². The predicted molar refractivity (Wildman–Crippen MR) is 116 cm³/mol. The number of aromatic nitrogens is 3. The monoisotopic (exact) mass is 423 g/mol. The third kappa shape index (κ3) is 3.20. The van der Waals surface area contributed by atoms with Crippen molar-refractivity contribution < 1.29 is 9.53 Å². The number of amides is 1. The summed E-state index contributed by atoms with van der Waals surface area (Å²) < 4.78 is 8.13. The molecule has 1 fully saturated rings. The largest absolute Gasteiger partial charge is 0.384 e. The van der Waals surface area contributed by atoms with Crippen LogP contribution < -0.4 is 5.73 Å². The minimum absolute atomic E-state index is 0.0511. The van der Waals surface area contributed by atoms with Gasteiger partial charge in [0.1, 0.15) is 11.5 Å². The highest BCUT2D eigenvalue weighted by Crippen LogP contribution is 2.46. The van der Waals surface area contributed by atoms with Crippen molar-refractivity contribution in [1.29, 1.82) is 0 Å². The van der Waals surface area contributed by atoms with Crippen LogP contribution in [0.2, 0.25) is 0 Å². The summed E-state index contributed by atoms with van der Waals surface area (Å²) in [6.45, 7) is 4.75. The SMILES string of the molecule is CCn1nccc1C(=O)N1CCC2(CC1)OCCc1sc(-c3cccc(N)n3)cc12. The minimum Gasteiger partial charge on any atom is -0.384 e. The summed E-state index contributed by atoms with van der Waals surface area (Å²) in [5.41, 5.74) is 8.40. The Hall–Kier alpha value is -2.71. The number of fused-ring (bicyclic) bond motifs is 2. The molecule has 0 saturated carbocycles. The number of ether oxygens (including phenoxy) is 1. The second-order valence-corrected chi connectivity index (χ2v) is 8.95. The van der Waals surface area contributed by atoms with Gasteiger partial charge in [0.15, 0.2) is 0 Å². The van der Waals surface area contributed by atoms with Gasteiger partial charge in [-0.15, -0.1) is 11.3 Å². The van der Waals surface area contributed by atoms with Crippen molar-refractivity contribution in [3.8, 4) is 10.6 Å². The van der Waals surface area contributed by atoms with Crippen molar-refractivity contribution in [1.82, 2.24) is 19.7 Å². The van der Waals surface area contributed by atoms with Gasteiger partial charge in [0.2, 0.25) is 0 Å². The molecule has 5 heterocycles. The molecular weight excluding hydrogens is 398 g/mol. The van der Waals surface area contributed by atoms with Crippen LogP contribution in [0.4, 0.5) is 5.82 Å². The van der Waals surface area contributed by atoms with E-state index in [0.717, 1.165) is 29.8 Å². The van der Waals surface area contributed by atoms with E-state index in [1.807, 2.05) is 24.0 Å². The summed E-state index contributed by atoms with van der Waals surface area (Å²) in [4.78, 5) is 21.9. The maximum absolute atomic E-state index is 13.0. The van der Waals surface area contributed by atoms with E-state index in [-0.39, 0.29) is 11.5 Å². The van der Waals surface area contributed by atoms with E-state index in [0.29, 0.717) is 37.8 Å². The number of piperidine rings is 1. The number of rotatable bonds is 3. The van der Waals surface area contributed by atoms with Gasteiger partial charge in [-0.1, -0.05) is 6.07 Å². The molecule has 0 unspecified atom stereocenters. The van der Waals surface area contributed by atoms with E-state index >= 15 is 0 Å². The molecule has 156 valence electrons. The van der Waals surface area contributed by atoms with Crippen molar-refractivity contribution in [2.75, 3.05) is 25.4 Å². The number of hydrogen-bond donors (Lipinski definition) is 1. The highest BCUT2D eigenvalue weighted by Gasteiger charge is 2.43. The molecule has 3 aromatic rings. The fourth-order valence-corrected chi connectivity index (χ4v) is 5.75. The molecule has 0 aliphatic carbocycles. The van der Waals surface area contributed by atoms with Crippen LogP contribution >= 0.6 is 11.3 Å². The number of thiophene rings is 1. The van der Waals surface area contributed by atoms with Gasteiger partial charge in [0.25, 0.3) is 5.91 Å². The molecule has 0 atom stereocenters. The lowest BCUT2D eigenvalue weighted by Gasteiger charge is -2.44. The Kier molecular flexibility index (Phi) is 4.83. The first kappa shape index (κ1) is 19.3. The molecule has 0 bridgehead atoms. The standard InChI is InChI=1S/C22H25N5O2S/c1-2-27-17(6-10-24-27)21(28)26-11-8-22(9-12-26)15-14-19(30-18(15)7-13-29-22)16-4-3-5-20(23)25-16/h3-6,10,14H,2,7-9,11-13H2,1H3,(H2,23,25). The molecule has 2 N–H and O–H groups in total. The van der Waals surface area contributed by atoms with Crippen LogP contribution in [-0.2, 0) is 23.3 Å². The molecule has 1 spiro atoms. The summed E-state index contributed by atoms with van der Waals surface area (Å²) in [6, 6.07) is 9.77. The van der Waals surface area contributed by atoms with Crippen LogP contribution in [0.25, 0.3) is 10.6 Å². The lowest BCUT2D eigenvalue weighted by Crippen LogP contribution is -2.48. The van der Waals surface area contributed by atoms with E-state index in [4.69, 9.17) is 10.5 Å². The zero-order chi connectivity index (χ0) is 20.7. The molecule has 8 heteroatoms. The quantitative estimate of drug-likeness (QED) is 0.698. The molecule has 30 heavy (non-hydrogen) atoms. The number of nitrogens with two attached hydrogens (primary N) is 1. The van der Waals surface area contributed by atoms with Crippen molar-refractivity contribution in [3.05, 3.63) is 52.7 Å². The van der Waals surface area contributed by atoms with E-state index < -0.39 is 0 Å². The van der Waals surface area contributed by atoms with Gasteiger partial charge in [-0.25, -0.2) is 4.98 Å². The first-order valence-electron chi connectivity index (χ1n) is 10.4. The fraction of sp³-hybridized carbons (Fsp3) is 0.409. The summed E-state index contributed by atoms with van der Waals surface area (Å²) >= 11 is 1.78. The van der Waals surface area contributed by atoms with Crippen molar-refractivity contribution in [2.24, 2.45) is 0 Å². The number of anilines is 1. The van der Waals surface area contributed by atoms with Crippen LogP contribution in [0.15, 0.2) is 36.5 Å². The number of carbonyl (C=O) groups excluding carboxylic acids is 1. The van der Waals surface area contributed by atoms with Gasteiger partial charge in [-0.2, -0.15) is 5.10 Å². The van der Waals surface area contributed by atoms with Crippen LogP contribution in [0.1, 0.15) is 40.7 Å². The predicted octanol–water partition coefficient (Wildman–Crippen LogP) is 3.31. The Morgan fingerprint density at radius 3 is 2.90 bits per heavy atom. The highest BCUT2D eigenvalue weighted by molar-refractivity contribution is 7.15. The molecular formula is C22H25N5O2S. The number of nitrogen functional groups attached to an aromatic ring is 1. The van der Waals surface area contributed by atoms with Crippen molar-refractivity contribution in [3.63, 3.8) is 0 Å². The molecule has 1 amide bonds. The summed E-state index contributed by atoms with van der Waals surface area (Å²) in [6.07, 6.45) is 4.21. The molecule has 3 aromatic heterocycles. The Balaban J connectivity index is 1.38. The minimum atomic E-state index is -0.315. The maximum Gasteiger partial charge on any atom is 0.272 e. The van der Waals surface area contributed by atoms with Gasteiger partial charge in [0.05, 0.1) is 22.8 Å². The zero-order valence-electron chi connectivity index (χ0n) is 17.0. The number of nitrogens with zero attached hydrogens (tertiary/aromatic N) is 4. The third-order valence-electron chi connectivity index (χ3n) is 6.12. The van der Waals surface area contributed by atoms with Crippen molar-refractivity contribution >= 4 is 23.1 Å². The van der Waals surface area contributed by atoms with Gasteiger partial charge < -0.3 is 15.4 Å². The van der Waals surface area contributed by atoms with E-state index in [2.05, 4.69) is 16.1 Å². The molecule has 0 aromatic carbocycles. The van der Waals surface area contributed by atoms with Crippen LogP contribution in [0.3, 0.4) is 0 Å². The lowest BCUT2D eigenvalue weighted by atomic mass is 9.82. The van der Waals surface area contributed by atoms with Gasteiger partial charge in [0, 0.05) is 37.1 Å². The highest BCUT2D eigenvalue weighted by atomic mass is 32.1. The lowest BCUT2D eigenvalue weighted by molar-refractivity contribution is -0.0927. The normalized spacial score (nSPS) is 17.8. The zero-order valence-corrected chi connectivity index (χ0v) is 17.8. The Morgan fingerprint density at radius 1 is 1.30 bits per heavy atom. The Bertz CT molecular complexity index is 1080. The number of hydrogen-bond acceptors (Lipinski definition) is 6. The third-order valence-corrected chi connectivity index (χ3v) is 7.34. The molecule has 2 aliphatic rings. The van der Waals surface area contributed by atoms with Gasteiger partial charge in [-0.3, -0.25) is 9.48 Å². The topological polar surface area (TPSA) is 86.3 Å². The summed E-state index contributed by atoms with van der Waals surface area (Å²) in [5, 5.41) is 4.23. The van der Waals surface area contributed by atoms with E-state index in [9.17, 15) is 4.79 Å². The average molecular weight is 424 g/mol. The fourth-order valence-electron chi connectivity index (χ4n) is 4.54. The molecule has 5 rings (SSSR count). The molecule has 0 radical (unpaired) electrons. The average Bonchev–Trinajstić information content (AvgIpc) is 3.42. The van der Waals surface area contributed by atoms with Gasteiger partial charge in [-0.05, 0) is 49.6 Å². The number of likely N-dealkylation sites (tertiary alicyclic amines) is 1. The maximum atomic E-state index is 13.0. The molecule has 7 nitrogen and oxygen atoms in total. The first-order chi connectivity index (χ1) is 14.6. The summed E-state index contributed by atoms with van der Waals surface area (Å²) in [7, 11) is 0. The van der Waals surface area contributed by atoms with E-state index in [1.54, 1.807) is 34.3 Å². The molecule has 2 aliphatic heterocycles. The van der Waals surface area contributed by atoms with Crippen LogP contribution in [0, 0.1) is 0 Å². The van der Waals surface area contributed by atoms with Crippen LogP contribution in [0.5, 0.6) is 0 Å². The van der Waals surface area contributed by atoms with Crippen LogP contribution in [-0.4, -0.2) is 45.3 Å². The Morgan fingerprint density at radius 2 is 2.13 bits per heavy atom. The Labute approximate surface area is 179 Å². The van der Waals surface area contributed by atoms with Gasteiger partial charge >= 0.3 is 0 Å². The molecule has 1 saturated heterocycles. The number of carbonyl (C=O) groups is 1. The van der Waals surface area contributed by atoms with Crippen molar-refractivity contribution in [2.45, 2.75) is 38.3 Å². The smallest absolute Gasteiger partial charge is 0.272 e. The first-order valence-corrected chi connectivity index (χ1v) is 11.2. The number of aryl methyl sites for hydroxylation is 1. The second-order valence-electron chi connectivity index (χ2n) is 7.81. The second kappa shape index (κ2) is 7.52. The summed E-state index contributed by atoms with van der Waals surface area (Å²) in [5.74, 6) is 0.582.